The molecule has 3 aromatic carbocycles. The lowest BCUT2D eigenvalue weighted by atomic mass is 10.2. The van der Waals surface area contributed by atoms with Crippen LogP contribution in [0.15, 0.2) is 88.1 Å². The van der Waals surface area contributed by atoms with E-state index in [0.717, 1.165) is 26.9 Å². The molecule has 5 rings (SSSR count). The first-order chi connectivity index (χ1) is 15.6. The van der Waals surface area contributed by atoms with Crippen molar-refractivity contribution in [1.82, 2.24) is 4.98 Å². The predicted molar refractivity (Wildman–Crippen MR) is 126 cm³/mol. The highest BCUT2D eigenvalue weighted by Gasteiger charge is 2.23. The van der Waals surface area contributed by atoms with Crippen molar-refractivity contribution in [3.05, 3.63) is 94.8 Å². The number of thiazole rings is 1. The number of fused-ring (bicyclic) bond motifs is 2. The lowest BCUT2D eigenvalue weighted by molar-refractivity contribution is -0.119. The number of carbonyl (C=O) groups excluding carboxylic acids is 1. The fourth-order valence-corrected chi connectivity index (χ4v) is 4.45. The summed E-state index contributed by atoms with van der Waals surface area (Å²) in [5, 5.41) is 1.36. The van der Waals surface area contributed by atoms with Gasteiger partial charge in [-0.1, -0.05) is 41.7 Å². The number of rotatable bonds is 5. The highest BCUT2D eigenvalue weighted by molar-refractivity contribution is 7.22. The number of carbonyl (C=O) groups is 1. The van der Waals surface area contributed by atoms with Gasteiger partial charge >= 0.3 is 5.63 Å². The molecule has 0 fully saturated rings. The van der Waals surface area contributed by atoms with Crippen LogP contribution in [0.3, 0.4) is 0 Å². The van der Waals surface area contributed by atoms with Crippen LogP contribution in [0.2, 0.25) is 0 Å². The Bertz CT molecular complexity index is 1470. The zero-order chi connectivity index (χ0) is 22.1. The maximum absolute atomic E-state index is 13.4. The van der Waals surface area contributed by atoms with E-state index in [1.807, 2.05) is 55.5 Å². The lowest BCUT2D eigenvalue weighted by Gasteiger charge is -2.22. The molecule has 0 aliphatic heterocycles. The van der Waals surface area contributed by atoms with Crippen molar-refractivity contribution in [1.29, 1.82) is 0 Å². The first kappa shape index (κ1) is 20.0. The standard InChI is InChI=1S/C25H18N2O4S/c1-16-6-2-4-8-20(16)27(25-26-19-7-3-5-9-22(19)32-25)23(28)15-30-18-12-10-17-11-13-24(29)31-21(17)14-18/h2-14H,15H2,1H3. The monoisotopic (exact) mass is 442 g/mol. The Morgan fingerprint density at radius 3 is 2.66 bits per heavy atom. The van der Waals surface area contributed by atoms with Crippen LogP contribution in [-0.2, 0) is 4.79 Å². The van der Waals surface area contributed by atoms with E-state index in [2.05, 4.69) is 4.98 Å². The Morgan fingerprint density at radius 2 is 1.81 bits per heavy atom. The van der Waals surface area contributed by atoms with E-state index in [4.69, 9.17) is 9.15 Å². The van der Waals surface area contributed by atoms with Crippen LogP contribution in [-0.4, -0.2) is 17.5 Å². The molecule has 0 radical (unpaired) electrons. The molecule has 0 N–H and O–H groups in total. The van der Waals surface area contributed by atoms with Crippen LogP contribution in [0.1, 0.15) is 5.56 Å². The minimum atomic E-state index is -0.438. The van der Waals surface area contributed by atoms with Gasteiger partial charge in [-0.05, 0) is 48.9 Å². The van der Waals surface area contributed by atoms with Gasteiger partial charge in [-0.25, -0.2) is 9.78 Å². The van der Waals surface area contributed by atoms with Crippen LogP contribution in [0.25, 0.3) is 21.2 Å². The fourth-order valence-electron chi connectivity index (χ4n) is 3.45. The molecular formula is C25H18N2O4S. The molecular weight excluding hydrogens is 424 g/mol. The molecule has 0 saturated carbocycles. The fraction of sp³-hybridized carbons (Fsp3) is 0.0800. The largest absolute Gasteiger partial charge is 0.484 e. The van der Waals surface area contributed by atoms with Crippen LogP contribution < -0.4 is 15.3 Å². The Morgan fingerprint density at radius 1 is 1.03 bits per heavy atom. The second-order valence-corrected chi connectivity index (χ2v) is 8.23. The number of para-hydroxylation sites is 2. The van der Waals surface area contributed by atoms with Crippen molar-refractivity contribution >= 4 is 49.2 Å². The summed E-state index contributed by atoms with van der Waals surface area (Å²) in [5.74, 6) is 0.183. The highest BCUT2D eigenvalue weighted by Crippen LogP contribution is 2.35. The van der Waals surface area contributed by atoms with Gasteiger partial charge in [0.25, 0.3) is 5.91 Å². The van der Waals surface area contributed by atoms with Gasteiger partial charge in [-0.3, -0.25) is 9.69 Å². The van der Waals surface area contributed by atoms with Crippen molar-refractivity contribution in [3.8, 4) is 5.75 Å². The molecule has 0 aliphatic rings. The molecule has 0 bridgehead atoms. The Balaban J connectivity index is 1.47. The number of amides is 1. The highest BCUT2D eigenvalue weighted by atomic mass is 32.1. The average molecular weight is 442 g/mol. The normalized spacial score (nSPS) is 11.0. The molecule has 2 heterocycles. The second-order valence-electron chi connectivity index (χ2n) is 7.22. The maximum atomic E-state index is 13.4. The van der Waals surface area contributed by atoms with Gasteiger partial charge in [-0.15, -0.1) is 0 Å². The Hall–Kier alpha value is -3.97. The minimum Gasteiger partial charge on any atom is -0.484 e. The first-order valence-electron chi connectivity index (χ1n) is 9.99. The van der Waals surface area contributed by atoms with Gasteiger partial charge in [-0.2, -0.15) is 0 Å². The average Bonchev–Trinajstić information content (AvgIpc) is 3.22. The van der Waals surface area contributed by atoms with Crippen LogP contribution in [0.4, 0.5) is 10.8 Å². The second kappa shape index (κ2) is 8.28. The van der Waals surface area contributed by atoms with Gasteiger partial charge in [0.2, 0.25) is 0 Å². The quantitative estimate of drug-likeness (QED) is 0.338. The number of aryl methyl sites for hydroxylation is 1. The number of nitrogens with zero attached hydrogens (tertiary/aromatic N) is 2. The zero-order valence-electron chi connectivity index (χ0n) is 17.1. The Labute approximate surface area is 187 Å². The maximum Gasteiger partial charge on any atom is 0.336 e. The summed E-state index contributed by atoms with van der Waals surface area (Å²) in [6.45, 7) is 1.75. The minimum absolute atomic E-state index is 0.202. The third-order valence-electron chi connectivity index (χ3n) is 5.04. The molecule has 0 unspecified atom stereocenters. The summed E-state index contributed by atoms with van der Waals surface area (Å²) in [6.07, 6.45) is 0. The molecule has 5 aromatic rings. The molecule has 0 atom stereocenters. The van der Waals surface area contributed by atoms with Crippen molar-refractivity contribution < 1.29 is 13.9 Å². The van der Waals surface area contributed by atoms with E-state index in [1.165, 1.54) is 17.4 Å². The van der Waals surface area contributed by atoms with E-state index in [9.17, 15) is 9.59 Å². The number of hydrogen-bond donors (Lipinski definition) is 0. The van der Waals surface area contributed by atoms with Gasteiger partial charge in [0.1, 0.15) is 11.3 Å². The molecule has 6 nitrogen and oxygen atoms in total. The third kappa shape index (κ3) is 3.86. The van der Waals surface area contributed by atoms with Gasteiger partial charge < -0.3 is 9.15 Å². The van der Waals surface area contributed by atoms with Crippen molar-refractivity contribution in [3.63, 3.8) is 0 Å². The summed E-state index contributed by atoms with van der Waals surface area (Å²) in [4.78, 5) is 31.1. The van der Waals surface area contributed by atoms with Gasteiger partial charge in [0, 0.05) is 17.5 Å². The lowest BCUT2D eigenvalue weighted by Crippen LogP contribution is -2.31. The van der Waals surface area contributed by atoms with Crippen molar-refractivity contribution in [2.75, 3.05) is 11.5 Å². The van der Waals surface area contributed by atoms with Crippen molar-refractivity contribution in [2.45, 2.75) is 6.92 Å². The van der Waals surface area contributed by atoms with Crippen LogP contribution in [0.5, 0.6) is 5.75 Å². The molecule has 0 aliphatic carbocycles. The molecule has 158 valence electrons. The summed E-state index contributed by atoms with van der Waals surface area (Å²) in [7, 11) is 0. The number of anilines is 2. The van der Waals surface area contributed by atoms with Crippen LogP contribution >= 0.6 is 11.3 Å². The van der Waals surface area contributed by atoms with E-state index in [0.29, 0.717) is 16.5 Å². The smallest absolute Gasteiger partial charge is 0.336 e. The Kier molecular flexibility index (Phi) is 5.17. The third-order valence-corrected chi connectivity index (χ3v) is 6.06. The molecule has 32 heavy (non-hydrogen) atoms. The van der Waals surface area contributed by atoms with E-state index in [-0.39, 0.29) is 12.5 Å². The summed E-state index contributed by atoms with van der Waals surface area (Å²) < 4.78 is 12.0. The predicted octanol–water partition coefficient (Wildman–Crippen LogP) is 5.45. The number of aromatic nitrogens is 1. The zero-order valence-corrected chi connectivity index (χ0v) is 18.0. The van der Waals surface area contributed by atoms with Crippen molar-refractivity contribution in [2.24, 2.45) is 0 Å². The summed E-state index contributed by atoms with van der Waals surface area (Å²) in [6, 6.07) is 23.6. The van der Waals surface area contributed by atoms with Crippen LogP contribution in [0, 0.1) is 6.92 Å². The molecule has 1 amide bonds. The summed E-state index contributed by atoms with van der Waals surface area (Å²) >= 11 is 1.45. The number of hydrogen-bond acceptors (Lipinski definition) is 6. The molecule has 2 aromatic heterocycles. The molecule has 0 spiro atoms. The van der Waals surface area contributed by atoms with E-state index in [1.54, 1.807) is 29.2 Å². The molecule has 0 saturated heterocycles. The van der Waals surface area contributed by atoms with E-state index >= 15 is 0 Å². The summed E-state index contributed by atoms with van der Waals surface area (Å²) in [5.41, 5.74) is 2.51. The van der Waals surface area contributed by atoms with Gasteiger partial charge in [0.05, 0.1) is 15.9 Å². The SMILES string of the molecule is Cc1ccccc1N(C(=O)COc1ccc2ccc(=O)oc2c1)c1nc2ccccc2s1. The number of benzene rings is 3. The number of ether oxygens (including phenoxy) is 1. The first-order valence-corrected chi connectivity index (χ1v) is 10.8. The molecule has 7 heteroatoms. The topological polar surface area (TPSA) is 72.6 Å². The van der Waals surface area contributed by atoms with E-state index < -0.39 is 5.63 Å². The van der Waals surface area contributed by atoms with Gasteiger partial charge in [0.15, 0.2) is 11.7 Å².